The Balaban J connectivity index is 1.35. The summed E-state index contributed by atoms with van der Waals surface area (Å²) in [7, 11) is -1.35. The third-order valence-electron chi connectivity index (χ3n) is 6.11. The molecule has 0 amide bonds. The van der Waals surface area contributed by atoms with Gasteiger partial charge in [-0.3, -0.25) is 4.90 Å². The van der Waals surface area contributed by atoms with Crippen LogP contribution in [0.3, 0.4) is 0 Å². The maximum atomic E-state index is 13.0. The van der Waals surface area contributed by atoms with Crippen LogP contribution in [-0.2, 0) is 20.5 Å². The van der Waals surface area contributed by atoms with Gasteiger partial charge in [0, 0.05) is 45.4 Å². The lowest BCUT2D eigenvalue weighted by molar-refractivity contribution is -0.125. The molecule has 6 nitrogen and oxygen atoms in total. The van der Waals surface area contributed by atoms with Gasteiger partial charge in [0.2, 0.25) is 0 Å². The van der Waals surface area contributed by atoms with Crippen LogP contribution in [0.5, 0.6) is 5.75 Å². The average Bonchev–Trinajstić information content (AvgIpc) is 2.75. The summed E-state index contributed by atoms with van der Waals surface area (Å²) in [6, 6.07) is 6.64. The number of hydrogen-bond acceptors (Lipinski definition) is 5. The van der Waals surface area contributed by atoms with Crippen molar-refractivity contribution in [3.8, 4) is 5.75 Å². The van der Waals surface area contributed by atoms with Crippen LogP contribution in [0.15, 0.2) is 29.2 Å². The molecule has 1 aromatic rings. The molecule has 3 fully saturated rings. The Bertz CT molecular complexity index is 692. The van der Waals surface area contributed by atoms with E-state index in [0.717, 1.165) is 52.0 Å². The van der Waals surface area contributed by atoms with Crippen LogP contribution in [0.25, 0.3) is 0 Å². The Morgan fingerprint density at radius 1 is 1.07 bits per heavy atom. The number of halogens is 2. The molecule has 1 spiro atoms. The maximum absolute atomic E-state index is 13.0. The van der Waals surface area contributed by atoms with Gasteiger partial charge in [-0.05, 0) is 49.9 Å². The largest absolute Gasteiger partial charge is 0.435 e. The smallest absolute Gasteiger partial charge is 0.387 e. The highest BCUT2D eigenvalue weighted by Crippen LogP contribution is 2.33. The fourth-order valence-corrected chi connectivity index (χ4v) is 5.75. The zero-order valence-electron chi connectivity index (χ0n) is 16.4. The highest BCUT2D eigenvalue weighted by molar-refractivity contribution is 7.82. The second kappa shape index (κ2) is 9.34. The van der Waals surface area contributed by atoms with Gasteiger partial charge in [0.25, 0.3) is 0 Å². The molecular weight excluding hydrogens is 402 g/mol. The van der Waals surface area contributed by atoms with E-state index in [1.54, 1.807) is 12.1 Å². The second-order valence-electron chi connectivity index (χ2n) is 7.87. The summed E-state index contributed by atoms with van der Waals surface area (Å²) >= 11 is 0. The summed E-state index contributed by atoms with van der Waals surface area (Å²) in [5.41, 5.74) is -0.256. The van der Waals surface area contributed by atoms with Gasteiger partial charge >= 0.3 is 6.61 Å². The summed E-state index contributed by atoms with van der Waals surface area (Å²) < 4.78 is 55.6. The molecule has 0 bridgehead atoms. The predicted octanol–water partition coefficient (Wildman–Crippen LogP) is 2.66. The molecule has 0 radical (unpaired) electrons. The van der Waals surface area contributed by atoms with Crippen molar-refractivity contribution in [2.75, 3.05) is 46.0 Å². The van der Waals surface area contributed by atoms with E-state index in [0.29, 0.717) is 30.6 Å². The van der Waals surface area contributed by atoms with Crippen molar-refractivity contribution in [1.82, 2.24) is 9.21 Å². The van der Waals surface area contributed by atoms with Crippen molar-refractivity contribution < 1.29 is 27.2 Å². The fourth-order valence-electron chi connectivity index (χ4n) is 4.49. The van der Waals surface area contributed by atoms with Crippen molar-refractivity contribution >= 4 is 11.0 Å². The third kappa shape index (κ3) is 5.14. The standard InChI is InChI=1S/C20H28F2N2O4S/c21-19(22)28-17-1-3-18(4-2-17)29(25)24-11-14-27-20(15-24)7-9-23(10-8-20)16-5-12-26-13-6-16/h1-4,16,19H,5-15H2. The summed E-state index contributed by atoms with van der Waals surface area (Å²) in [5, 5.41) is 0. The fraction of sp³-hybridized carbons (Fsp3) is 0.700. The van der Waals surface area contributed by atoms with Gasteiger partial charge in [0.05, 0.1) is 17.1 Å². The molecular formula is C20H28F2N2O4S. The number of rotatable bonds is 5. The van der Waals surface area contributed by atoms with E-state index < -0.39 is 17.6 Å². The summed E-state index contributed by atoms with van der Waals surface area (Å²) in [6.45, 7) is 2.57. The summed E-state index contributed by atoms with van der Waals surface area (Å²) in [6.07, 6.45) is 4.04. The zero-order valence-corrected chi connectivity index (χ0v) is 17.3. The SMILES string of the molecule is O=S(c1ccc(OC(F)F)cc1)N1CCOC2(CCN(C3CCOCC3)CC2)C1. The molecule has 1 atom stereocenters. The van der Waals surface area contributed by atoms with Crippen LogP contribution < -0.4 is 4.74 Å². The first kappa shape index (κ1) is 21.1. The molecule has 3 heterocycles. The Kier molecular flexibility index (Phi) is 6.80. The number of morpholine rings is 1. The Labute approximate surface area is 172 Å². The number of ether oxygens (including phenoxy) is 3. The van der Waals surface area contributed by atoms with Crippen molar-refractivity contribution in [2.24, 2.45) is 0 Å². The molecule has 4 rings (SSSR count). The lowest BCUT2D eigenvalue weighted by Crippen LogP contribution is -2.58. The Hall–Kier alpha value is -1.13. The molecule has 1 unspecified atom stereocenters. The molecule has 0 saturated carbocycles. The van der Waals surface area contributed by atoms with Crippen LogP contribution >= 0.6 is 0 Å². The van der Waals surface area contributed by atoms with Crippen LogP contribution in [0, 0.1) is 0 Å². The topological polar surface area (TPSA) is 51.2 Å². The van der Waals surface area contributed by atoms with Gasteiger partial charge in [-0.1, -0.05) is 0 Å². The minimum atomic E-state index is -2.86. The quantitative estimate of drug-likeness (QED) is 0.719. The molecule has 0 N–H and O–H groups in total. The van der Waals surface area contributed by atoms with Gasteiger partial charge in [-0.25, -0.2) is 8.51 Å². The maximum Gasteiger partial charge on any atom is 0.387 e. The number of piperidine rings is 1. The first-order valence-electron chi connectivity index (χ1n) is 10.2. The molecule has 9 heteroatoms. The summed E-state index contributed by atoms with van der Waals surface area (Å²) in [5.74, 6) is 0.0692. The van der Waals surface area contributed by atoms with Gasteiger partial charge in [-0.2, -0.15) is 8.78 Å². The number of benzene rings is 1. The van der Waals surface area contributed by atoms with E-state index in [2.05, 4.69) is 9.64 Å². The summed E-state index contributed by atoms with van der Waals surface area (Å²) in [4.78, 5) is 3.14. The first-order chi connectivity index (χ1) is 14.0. The predicted molar refractivity (Wildman–Crippen MR) is 104 cm³/mol. The monoisotopic (exact) mass is 430 g/mol. The van der Waals surface area contributed by atoms with Crippen LogP contribution in [-0.4, -0.2) is 77.7 Å². The Morgan fingerprint density at radius 3 is 2.41 bits per heavy atom. The molecule has 3 saturated heterocycles. The van der Waals surface area contributed by atoms with Crippen LogP contribution in [0.4, 0.5) is 8.78 Å². The van der Waals surface area contributed by atoms with E-state index in [1.807, 2.05) is 4.31 Å². The van der Waals surface area contributed by atoms with E-state index in [1.165, 1.54) is 12.1 Å². The molecule has 3 aliphatic heterocycles. The number of alkyl halides is 2. The van der Waals surface area contributed by atoms with E-state index in [4.69, 9.17) is 9.47 Å². The zero-order chi connectivity index (χ0) is 20.3. The number of hydrogen-bond donors (Lipinski definition) is 0. The molecule has 1 aromatic carbocycles. The Morgan fingerprint density at radius 2 is 1.76 bits per heavy atom. The third-order valence-corrected chi connectivity index (χ3v) is 7.57. The minimum Gasteiger partial charge on any atom is -0.435 e. The molecule has 162 valence electrons. The first-order valence-corrected chi connectivity index (χ1v) is 11.3. The van der Waals surface area contributed by atoms with Gasteiger partial charge in [-0.15, -0.1) is 0 Å². The van der Waals surface area contributed by atoms with E-state index in [-0.39, 0.29) is 11.4 Å². The van der Waals surface area contributed by atoms with Gasteiger partial charge in [0.15, 0.2) is 0 Å². The highest BCUT2D eigenvalue weighted by Gasteiger charge is 2.42. The molecule has 3 aliphatic rings. The second-order valence-corrected chi connectivity index (χ2v) is 9.36. The van der Waals surface area contributed by atoms with Gasteiger partial charge < -0.3 is 14.2 Å². The lowest BCUT2D eigenvalue weighted by atomic mass is 9.88. The molecule has 29 heavy (non-hydrogen) atoms. The minimum absolute atomic E-state index is 0.0692. The van der Waals surface area contributed by atoms with Crippen molar-refractivity contribution in [3.63, 3.8) is 0 Å². The molecule has 0 aliphatic carbocycles. The number of nitrogens with zero attached hydrogens (tertiary/aromatic N) is 2. The van der Waals surface area contributed by atoms with Crippen molar-refractivity contribution in [1.29, 1.82) is 0 Å². The highest BCUT2D eigenvalue weighted by atomic mass is 32.2. The molecule has 0 aromatic heterocycles. The van der Waals surface area contributed by atoms with Crippen LogP contribution in [0.2, 0.25) is 0 Å². The number of likely N-dealkylation sites (tertiary alicyclic amines) is 1. The van der Waals surface area contributed by atoms with Crippen LogP contribution in [0.1, 0.15) is 25.7 Å². The van der Waals surface area contributed by atoms with Crippen molar-refractivity contribution in [2.45, 2.75) is 48.8 Å². The van der Waals surface area contributed by atoms with E-state index >= 15 is 0 Å². The lowest BCUT2D eigenvalue weighted by Gasteiger charge is -2.48. The normalized spacial score (nSPS) is 25.3. The van der Waals surface area contributed by atoms with Gasteiger partial charge in [0.1, 0.15) is 16.7 Å². The van der Waals surface area contributed by atoms with Crippen molar-refractivity contribution in [3.05, 3.63) is 24.3 Å². The average molecular weight is 431 g/mol. The van der Waals surface area contributed by atoms with E-state index in [9.17, 15) is 13.0 Å².